The van der Waals surface area contributed by atoms with Crippen LogP contribution >= 0.6 is 23.2 Å². The van der Waals surface area contributed by atoms with E-state index in [-0.39, 0.29) is 24.7 Å². The molecule has 0 aromatic heterocycles. The fraction of sp³-hybridized carbons (Fsp3) is 0.158. The Labute approximate surface area is 167 Å². The Morgan fingerprint density at radius 1 is 0.741 bits per heavy atom. The fourth-order valence-corrected chi connectivity index (χ4v) is 2.23. The largest absolute Gasteiger partial charge is 0.273 e. The van der Waals surface area contributed by atoms with Crippen molar-refractivity contribution in [1.29, 1.82) is 0 Å². The molecule has 2 aromatic rings. The van der Waals surface area contributed by atoms with Crippen molar-refractivity contribution in [3.8, 4) is 0 Å². The van der Waals surface area contributed by atoms with Gasteiger partial charge < -0.3 is 0 Å². The lowest BCUT2D eigenvalue weighted by atomic mass is 10.2. The van der Waals surface area contributed by atoms with Crippen LogP contribution in [0, 0.1) is 0 Å². The summed E-state index contributed by atoms with van der Waals surface area (Å²) in [6, 6.07) is 14.1. The third kappa shape index (κ3) is 8.48. The van der Waals surface area contributed by atoms with Gasteiger partial charge in [-0.2, -0.15) is 10.2 Å². The maximum Gasteiger partial charge on any atom is 0.240 e. The Balaban J connectivity index is 1.61. The van der Waals surface area contributed by atoms with Crippen molar-refractivity contribution in [3.63, 3.8) is 0 Å². The number of nitrogens with one attached hydrogen (secondary N) is 2. The number of benzene rings is 2. The Kier molecular flexibility index (Phi) is 8.48. The monoisotopic (exact) mass is 404 g/mol. The van der Waals surface area contributed by atoms with Gasteiger partial charge in [-0.1, -0.05) is 47.5 Å². The van der Waals surface area contributed by atoms with Crippen LogP contribution in [-0.2, 0) is 9.59 Å². The highest BCUT2D eigenvalue weighted by Crippen LogP contribution is 2.08. The molecular formula is C19H18Cl2N4O2. The van der Waals surface area contributed by atoms with Crippen LogP contribution in [0.3, 0.4) is 0 Å². The quantitative estimate of drug-likeness (QED) is 0.518. The number of nitrogens with zero attached hydrogens (tertiary/aromatic N) is 2. The normalized spacial score (nSPS) is 11.0. The number of halogens is 2. The van der Waals surface area contributed by atoms with Gasteiger partial charge in [-0.15, -0.1) is 0 Å². The van der Waals surface area contributed by atoms with Gasteiger partial charge in [-0.05, 0) is 41.8 Å². The first-order valence-electron chi connectivity index (χ1n) is 8.18. The van der Waals surface area contributed by atoms with Crippen molar-refractivity contribution in [1.82, 2.24) is 10.9 Å². The van der Waals surface area contributed by atoms with Crippen LogP contribution in [-0.4, -0.2) is 24.2 Å². The molecule has 140 valence electrons. The minimum atomic E-state index is -0.266. The first-order valence-corrected chi connectivity index (χ1v) is 8.93. The Hall–Kier alpha value is -2.70. The van der Waals surface area contributed by atoms with E-state index in [2.05, 4.69) is 21.1 Å². The van der Waals surface area contributed by atoms with Crippen molar-refractivity contribution < 1.29 is 9.59 Å². The lowest BCUT2D eigenvalue weighted by molar-refractivity contribution is -0.122. The van der Waals surface area contributed by atoms with E-state index < -0.39 is 0 Å². The molecule has 2 N–H and O–H groups in total. The maximum absolute atomic E-state index is 11.7. The molecule has 0 atom stereocenters. The first kappa shape index (κ1) is 20.6. The molecule has 0 aliphatic carbocycles. The zero-order chi connectivity index (χ0) is 19.5. The molecule has 0 unspecified atom stereocenters. The molecular weight excluding hydrogens is 387 g/mol. The number of hydrogen-bond acceptors (Lipinski definition) is 4. The van der Waals surface area contributed by atoms with Gasteiger partial charge in [0.2, 0.25) is 11.8 Å². The highest BCUT2D eigenvalue weighted by atomic mass is 35.5. The van der Waals surface area contributed by atoms with Crippen LogP contribution in [0.4, 0.5) is 0 Å². The number of carbonyl (C=O) groups is 2. The third-order valence-electron chi connectivity index (χ3n) is 3.35. The molecule has 8 heteroatoms. The van der Waals surface area contributed by atoms with Gasteiger partial charge in [0.15, 0.2) is 0 Å². The van der Waals surface area contributed by atoms with Crippen molar-refractivity contribution in [2.24, 2.45) is 10.2 Å². The van der Waals surface area contributed by atoms with Crippen LogP contribution in [0.15, 0.2) is 58.7 Å². The molecule has 0 bridgehead atoms. The lowest BCUT2D eigenvalue weighted by Gasteiger charge is -2.01. The second-order valence-electron chi connectivity index (χ2n) is 5.54. The summed E-state index contributed by atoms with van der Waals surface area (Å²) in [6.45, 7) is 0. The summed E-state index contributed by atoms with van der Waals surface area (Å²) >= 11 is 11.6. The van der Waals surface area contributed by atoms with E-state index >= 15 is 0 Å². The molecule has 27 heavy (non-hydrogen) atoms. The molecule has 0 heterocycles. The standard InChI is InChI=1S/C19H18Cl2N4O2/c20-16-8-4-14(5-9-16)12-22-24-18(26)2-1-3-19(27)25-23-13-15-6-10-17(21)11-7-15/h4-13H,1-3H2,(H,24,26)(H,25,27)/b22-12-,23-13+. The van der Waals surface area contributed by atoms with Crippen molar-refractivity contribution in [3.05, 3.63) is 69.7 Å². The molecule has 0 radical (unpaired) electrons. The highest BCUT2D eigenvalue weighted by molar-refractivity contribution is 6.30. The molecule has 0 spiro atoms. The van der Waals surface area contributed by atoms with E-state index in [9.17, 15) is 9.59 Å². The van der Waals surface area contributed by atoms with Gasteiger partial charge in [0.1, 0.15) is 0 Å². The smallest absolute Gasteiger partial charge is 0.240 e. The van der Waals surface area contributed by atoms with Crippen LogP contribution in [0.2, 0.25) is 10.0 Å². The van der Waals surface area contributed by atoms with Crippen LogP contribution in [0.5, 0.6) is 0 Å². The Morgan fingerprint density at radius 3 is 1.48 bits per heavy atom. The zero-order valence-corrected chi connectivity index (χ0v) is 15.9. The highest BCUT2D eigenvalue weighted by Gasteiger charge is 2.03. The Morgan fingerprint density at radius 2 is 1.11 bits per heavy atom. The molecule has 0 saturated carbocycles. The molecule has 0 aliphatic rings. The van der Waals surface area contributed by atoms with Crippen molar-refractivity contribution in [2.75, 3.05) is 0 Å². The van der Waals surface area contributed by atoms with Gasteiger partial charge in [-0.25, -0.2) is 10.9 Å². The summed E-state index contributed by atoms with van der Waals surface area (Å²) in [4.78, 5) is 23.4. The average molecular weight is 405 g/mol. The molecule has 2 rings (SSSR count). The predicted octanol–water partition coefficient (Wildman–Crippen LogP) is 3.76. The summed E-state index contributed by atoms with van der Waals surface area (Å²) < 4.78 is 0. The topological polar surface area (TPSA) is 82.9 Å². The van der Waals surface area contributed by atoms with E-state index in [0.29, 0.717) is 16.5 Å². The Bertz CT molecular complexity index is 749. The number of amides is 2. The predicted molar refractivity (Wildman–Crippen MR) is 108 cm³/mol. The maximum atomic E-state index is 11.7. The summed E-state index contributed by atoms with van der Waals surface area (Å²) in [5.41, 5.74) is 6.46. The van der Waals surface area contributed by atoms with E-state index in [1.807, 2.05) is 0 Å². The van der Waals surface area contributed by atoms with E-state index in [4.69, 9.17) is 23.2 Å². The first-order chi connectivity index (χ1) is 13.0. The van der Waals surface area contributed by atoms with Gasteiger partial charge >= 0.3 is 0 Å². The molecule has 2 aromatic carbocycles. The number of hydrazone groups is 2. The van der Waals surface area contributed by atoms with Crippen LogP contribution < -0.4 is 10.9 Å². The molecule has 2 amide bonds. The minimum absolute atomic E-state index is 0.187. The second kappa shape index (κ2) is 11.1. The lowest BCUT2D eigenvalue weighted by Crippen LogP contribution is -2.20. The van der Waals surface area contributed by atoms with Gasteiger partial charge in [-0.3, -0.25) is 9.59 Å². The molecule has 0 saturated heterocycles. The van der Waals surface area contributed by atoms with E-state index in [1.54, 1.807) is 48.5 Å². The minimum Gasteiger partial charge on any atom is -0.273 e. The number of hydrogen-bond donors (Lipinski definition) is 2. The summed E-state index contributed by atoms with van der Waals surface area (Å²) in [5, 5.41) is 8.98. The molecule has 0 aliphatic heterocycles. The molecule has 6 nitrogen and oxygen atoms in total. The van der Waals surface area contributed by atoms with Crippen molar-refractivity contribution in [2.45, 2.75) is 19.3 Å². The zero-order valence-electron chi connectivity index (χ0n) is 14.4. The van der Waals surface area contributed by atoms with Crippen molar-refractivity contribution >= 4 is 47.4 Å². The van der Waals surface area contributed by atoms with Crippen LogP contribution in [0.25, 0.3) is 0 Å². The van der Waals surface area contributed by atoms with Crippen LogP contribution in [0.1, 0.15) is 30.4 Å². The van der Waals surface area contributed by atoms with E-state index in [1.165, 1.54) is 12.4 Å². The second-order valence-corrected chi connectivity index (χ2v) is 6.42. The van der Waals surface area contributed by atoms with Gasteiger partial charge in [0, 0.05) is 22.9 Å². The summed E-state index contributed by atoms with van der Waals surface area (Å²) in [6.07, 6.45) is 3.81. The summed E-state index contributed by atoms with van der Waals surface area (Å²) in [7, 11) is 0. The third-order valence-corrected chi connectivity index (χ3v) is 3.86. The van der Waals surface area contributed by atoms with E-state index in [0.717, 1.165) is 11.1 Å². The fourth-order valence-electron chi connectivity index (χ4n) is 1.98. The van der Waals surface area contributed by atoms with Gasteiger partial charge in [0.25, 0.3) is 0 Å². The average Bonchev–Trinajstić information content (AvgIpc) is 2.65. The summed E-state index contributed by atoms with van der Waals surface area (Å²) in [5.74, 6) is -0.532. The number of rotatable bonds is 8. The van der Waals surface area contributed by atoms with Gasteiger partial charge in [0.05, 0.1) is 12.4 Å². The number of carbonyl (C=O) groups excluding carboxylic acids is 2. The SMILES string of the molecule is O=C(CCCC(=O)N/N=C/c1ccc(Cl)cc1)N/N=C\c1ccc(Cl)cc1. The molecule has 0 fully saturated rings.